The summed E-state index contributed by atoms with van der Waals surface area (Å²) in [5.74, 6) is -0.532. The van der Waals surface area contributed by atoms with E-state index >= 15 is 0 Å². The Bertz CT molecular complexity index is 408. The standard InChI is InChI=1S/C12H16N2O4/c1-10(14(17)18)12(9-13(15)16)8-7-11-5-3-2-4-6-11/h2-6,10,12H,7-9H2,1H3/t10-,12-/m0/s1. The van der Waals surface area contributed by atoms with Crippen LogP contribution in [0.2, 0.25) is 0 Å². The van der Waals surface area contributed by atoms with Gasteiger partial charge in [-0.2, -0.15) is 0 Å². The van der Waals surface area contributed by atoms with Crippen molar-refractivity contribution in [2.24, 2.45) is 5.92 Å². The maximum Gasteiger partial charge on any atom is 0.219 e. The topological polar surface area (TPSA) is 86.3 Å². The number of hydrogen-bond donors (Lipinski definition) is 0. The van der Waals surface area contributed by atoms with Crippen LogP contribution >= 0.6 is 0 Å². The fraction of sp³-hybridized carbons (Fsp3) is 0.500. The van der Waals surface area contributed by atoms with Gasteiger partial charge < -0.3 is 0 Å². The summed E-state index contributed by atoms with van der Waals surface area (Å²) < 4.78 is 0. The van der Waals surface area contributed by atoms with Crippen molar-refractivity contribution in [3.8, 4) is 0 Å². The summed E-state index contributed by atoms with van der Waals surface area (Å²) in [5.41, 5.74) is 1.04. The molecule has 0 aliphatic heterocycles. The molecule has 0 N–H and O–H groups in total. The molecule has 1 aromatic rings. The Morgan fingerprint density at radius 2 is 1.78 bits per heavy atom. The predicted octanol–water partition coefficient (Wildman–Crippen LogP) is 2.18. The highest BCUT2D eigenvalue weighted by atomic mass is 16.6. The van der Waals surface area contributed by atoms with Gasteiger partial charge in [-0.15, -0.1) is 0 Å². The first-order chi connectivity index (χ1) is 8.50. The van der Waals surface area contributed by atoms with E-state index in [0.717, 1.165) is 5.56 Å². The van der Waals surface area contributed by atoms with E-state index in [1.165, 1.54) is 6.92 Å². The Morgan fingerprint density at radius 3 is 2.28 bits per heavy atom. The third kappa shape index (κ3) is 4.48. The molecular formula is C12H16N2O4. The molecule has 0 aromatic heterocycles. The summed E-state index contributed by atoms with van der Waals surface area (Å²) in [5, 5.41) is 21.2. The smallest absolute Gasteiger partial charge is 0.219 e. The average Bonchev–Trinajstić information content (AvgIpc) is 2.34. The molecule has 0 bridgehead atoms. The fourth-order valence-corrected chi connectivity index (χ4v) is 1.85. The van der Waals surface area contributed by atoms with E-state index in [9.17, 15) is 20.2 Å². The lowest BCUT2D eigenvalue weighted by Crippen LogP contribution is -2.31. The molecule has 6 nitrogen and oxygen atoms in total. The molecule has 0 amide bonds. The number of rotatable bonds is 7. The van der Waals surface area contributed by atoms with Gasteiger partial charge >= 0.3 is 0 Å². The van der Waals surface area contributed by atoms with E-state index in [1.54, 1.807) is 0 Å². The van der Waals surface area contributed by atoms with Gasteiger partial charge in [-0.25, -0.2) is 0 Å². The minimum Gasteiger partial charge on any atom is -0.265 e. The molecule has 0 fully saturated rings. The van der Waals surface area contributed by atoms with Crippen LogP contribution in [0, 0.1) is 26.1 Å². The van der Waals surface area contributed by atoms with Crippen molar-refractivity contribution < 1.29 is 9.85 Å². The van der Waals surface area contributed by atoms with Crippen LogP contribution < -0.4 is 0 Å². The minimum atomic E-state index is -0.890. The average molecular weight is 252 g/mol. The van der Waals surface area contributed by atoms with Gasteiger partial charge in [0.1, 0.15) is 0 Å². The molecule has 0 spiro atoms. The molecule has 0 unspecified atom stereocenters. The van der Waals surface area contributed by atoms with Gasteiger partial charge in [0.15, 0.2) is 0 Å². The SMILES string of the molecule is C[C@@H]([C@@H](CCc1ccccc1)C[N+](=O)[O-])[N+](=O)[O-]. The molecule has 0 heterocycles. The lowest BCUT2D eigenvalue weighted by Gasteiger charge is -2.14. The van der Waals surface area contributed by atoms with E-state index in [0.29, 0.717) is 12.8 Å². The Labute approximate surface area is 105 Å². The van der Waals surface area contributed by atoms with Crippen molar-refractivity contribution in [2.45, 2.75) is 25.8 Å². The van der Waals surface area contributed by atoms with Crippen LogP contribution in [-0.4, -0.2) is 22.4 Å². The number of nitrogens with zero attached hydrogens (tertiary/aromatic N) is 2. The summed E-state index contributed by atoms with van der Waals surface area (Å²) in [6.45, 7) is 1.08. The molecule has 6 heteroatoms. The summed E-state index contributed by atoms with van der Waals surface area (Å²) in [6.07, 6.45) is 1.07. The molecule has 1 aromatic carbocycles. The van der Waals surface area contributed by atoms with Crippen LogP contribution in [0.25, 0.3) is 0 Å². The monoisotopic (exact) mass is 252 g/mol. The van der Waals surface area contributed by atoms with E-state index in [1.807, 2.05) is 30.3 Å². The number of nitro groups is 2. The van der Waals surface area contributed by atoms with E-state index in [-0.39, 0.29) is 6.54 Å². The van der Waals surface area contributed by atoms with Crippen LogP contribution in [-0.2, 0) is 6.42 Å². The summed E-state index contributed by atoms with van der Waals surface area (Å²) in [7, 11) is 0. The van der Waals surface area contributed by atoms with E-state index in [4.69, 9.17) is 0 Å². The quantitative estimate of drug-likeness (QED) is 0.549. The summed E-state index contributed by atoms with van der Waals surface area (Å²) in [6, 6.07) is 8.60. The Hall–Kier alpha value is -1.98. The first-order valence-corrected chi connectivity index (χ1v) is 5.80. The molecular weight excluding hydrogens is 236 g/mol. The van der Waals surface area contributed by atoms with Gasteiger partial charge in [0.2, 0.25) is 12.6 Å². The number of aryl methyl sites for hydroxylation is 1. The second kappa shape index (κ2) is 6.68. The fourth-order valence-electron chi connectivity index (χ4n) is 1.85. The largest absolute Gasteiger partial charge is 0.265 e. The third-order valence-corrected chi connectivity index (χ3v) is 3.04. The normalized spacial score (nSPS) is 13.8. The van der Waals surface area contributed by atoms with Gasteiger partial charge in [0.05, 0.1) is 5.92 Å². The molecule has 0 aliphatic carbocycles. The summed E-state index contributed by atoms with van der Waals surface area (Å²) in [4.78, 5) is 20.3. The maximum atomic E-state index is 10.7. The zero-order valence-electron chi connectivity index (χ0n) is 10.2. The van der Waals surface area contributed by atoms with Crippen LogP contribution in [0.1, 0.15) is 18.9 Å². The Morgan fingerprint density at radius 1 is 1.17 bits per heavy atom. The Balaban J connectivity index is 2.61. The highest BCUT2D eigenvalue weighted by Gasteiger charge is 2.30. The summed E-state index contributed by atoms with van der Waals surface area (Å²) >= 11 is 0. The zero-order valence-corrected chi connectivity index (χ0v) is 10.2. The zero-order chi connectivity index (χ0) is 13.5. The number of hydrogen-bond acceptors (Lipinski definition) is 4. The van der Waals surface area contributed by atoms with Crippen LogP contribution in [0.15, 0.2) is 30.3 Å². The van der Waals surface area contributed by atoms with E-state index in [2.05, 4.69) is 0 Å². The molecule has 0 aliphatic rings. The van der Waals surface area contributed by atoms with E-state index < -0.39 is 21.8 Å². The first-order valence-electron chi connectivity index (χ1n) is 5.80. The van der Waals surface area contributed by atoms with Crippen molar-refractivity contribution in [3.05, 3.63) is 56.1 Å². The molecule has 0 saturated heterocycles. The van der Waals surface area contributed by atoms with Crippen molar-refractivity contribution in [3.63, 3.8) is 0 Å². The second-order valence-corrected chi connectivity index (χ2v) is 4.33. The van der Waals surface area contributed by atoms with Gasteiger partial charge in [-0.3, -0.25) is 20.2 Å². The second-order valence-electron chi connectivity index (χ2n) is 4.33. The van der Waals surface area contributed by atoms with Crippen LogP contribution in [0.4, 0.5) is 0 Å². The molecule has 2 atom stereocenters. The molecule has 1 rings (SSSR count). The lowest BCUT2D eigenvalue weighted by molar-refractivity contribution is -0.551. The highest BCUT2D eigenvalue weighted by Crippen LogP contribution is 2.16. The van der Waals surface area contributed by atoms with Crippen molar-refractivity contribution in [1.29, 1.82) is 0 Å². The Kier molecular flexibility index (Phi) is 5.23. The first kappa shape index (κ1) is 14.1. The minimum absolute atomic E-state index is 0.352. The molecule has 0 radical (unpaired) electrons. The molecule has 18 heavy (non-hydrogen) atoms. The molecule has 0 saturated carbocycles. The third-order valence-electron chi connectivity index (χ3n) is 3.04. The molecule has 98 valence electrons. The van der Waals surface area contributed by atoms with Gasteiger partial charge in [-0.05, 0) is 18.4 Å². The predicted molar refractivity (Wildman–Crippen MR) is 66.6 cm³/mol. The number of benzene rings is 1. The van der Waals surface area contributed by atoms with Crippen molar-refractivity contribution in [2.75, 3.05) is 6.54 Å². The van der Waals surface area contributed by atoms with Crippen molar-refractivity contribution >= 4 is 0 Å². The van der Waals surface area contributed by atoms with Gasteiger partial charge in [-0.1, -0.05) is 30.3 Å². The lowest BCUT2D eigenvalue weighted by atomic mass is 9.94. The van der Waals surface area contributed by atoms with Crippen LogP contribution in [0.3, 0.4) is 0 Å². The van der Waals surface area contributed by atoms with Gasteiger partial charge in [0, 0.05) is 16.8 Å². The highest BCUT2D eigenvalue weighted by molar-refractivity contribution is 5.14. The van der Waals surface area contributed by atoms with Crippen molar-refractivity contribution in [1.82, 2.24) is 0 Å². The maximum absolute atomic E-state index is 10.7. The van der Waals surface area contributed by atoms with Gasteiger partial charge in [0.25, 0.3) is 0 Å². The van der Waals surface area contributed by atoms with Crippen LogP contribution in [0.5, 0.6) is 0 Å².